The lowest BCUT2D eigenvalue weighted by molar-refractivity contribution is -0.137. The summed E-state index contributed by atoms with van der Waals surface area (Å²) in [4.78, 5) is 16.5. The van der Waals surface area contributed by atoms with Gasteiger partial charge in [-0.15, -0.1) is 0 Å². The molecular weight excluding hydrogens is 305 g/mol. The minimum absolute atomic E-state index is 0.0548. The normalized spacial score (nSPS) is 11.8. The topological polar surface area (TPSA) is 59.3 Å². The van der Waals surface area contributed by atoms with Gasteiger partial charge in [0.25, 0.3) is 5.91 Å². The van der Waals surface area contributed by atoms with Gasteiger partial charge in [0.1, 0.15) is 11.2 Å². The first-order chi connectivity index (χ1) is 9.93. The van der Waals surface area contributed by atoms with Gasteiger partial charge in [-0.25, -0.2) is 9.50 Å². The van der Waals surface area contributed by atoms with Crippen LogP contribution in [0.3, 0.4) is 0 Å². The summed E-state index contributed by atoms with van der Waals surface area (Å²) < 4.78 is 39.2. The molecule has 5 nitrogen and oxygen atoms in total. The van der Waals surface area contributed by atoms with Crippen molar-refractivity contribution < 1.29 is 18.0 Å². The third kappa shape index (κ3) is 2.72. The van der Waals surface area contributed by atoms with E-state index in [1.165, 1.54) is 34.2 Å². The van der Waals surface area contributed by atoms with Crippen molar-refractivity contribution in [1.29, 1.82) is 0 Å². The molecule has 0 atom stereocenters. The zero-order chi connectivity index (χ0) is 15.0. The number of hydrogen-bond donors (Lipinski definition) is 1. The first kappa shape index (κ1) is 13.6. The van der Waals surface area contributed by atoms with E-state index in [-0.39, 0.29) is 11.4 Å². The Morgan fingerprint density at radius 3 is 2.86 bits per heavy atom. The fourth-order valence-corrected chi connectivity index (χ4v) is 2.32. The summed E-state index contributed by atoms with van der Waals surface area (Å²) in [7, 11) is 0. The molecular formula is C12H7F3N4OS. The predicted octanol–water partition coefficient (Wildman–Crippen LogP) is 3.06. The Hall–Kier alpha value is -2.42. The number of rotatable bonds is 2. The highest BCUT2D eigenvalue weighted by atomic mass is 32.1. The number of hydrogen-bond acceptors (Lipinski definition) is 4. The monoisotopic (exact) mass is 312 g/mol. The lowest BCUT2D eigenvalue weighted by atomic mass is 10.2. The second kappa shape index (κ2) is 4.85. The van der Waals surface area contributed by atoms with Gasteiger partial charge in [0.05, 0.1) is 11.8 Å². The zero-order valence-electron chi connectivity index (χ0n) is 10.3. The summed E-state index contributed by atoms with van der Waals surface area (Å²) in [5.74, 6) is -0.591. The highest BCUT2D eigenvalue weighted by Crippen LogP contribution is 2.30. The molecule has 108 valence electrons. The fourth-order valence-electron chi connectivity index (χ4n) is 1.72. The zero-order valence-corrected chi connectivity index (χ0v) is 11.1. The van der Waals surface area contributed by atoms with E-state index in [0.717, 1.165) is 12.1 Å². The van der Waals surface area contributed by atoms with Gasteiger partial charge in [-0.05, 0) is 18.2 Å². The van der Waals surface area contributed by atoms with Gasteiger partial charge in [0, 0.05) is 5.69 Å². The maximum atomic E-state index is 12.6. The molecule has 0 radical (unpaired) electrons. The van der Waals surface area contributed by atoms with E-state index in [2.05, 4.69) is 15.4 Å². The van der Waals surface area contributed by atoms with E-state index in [1.54, 1.807) is 5.51 Å². The van der Waals surface area contributed by atoms with E-state index >= 15 is 0 Å². The fraction of sp³-hybridized carbons (Fsp3) is 0.0833. The van der Waals surface area contributed by atoms with E-state index in [1.807, 2.05) is 0 Å². The first-order valence-electron chi connectivity index (χ1n) is 5.71. The number of halogens is 3. The number of fused-ring (bicyclic) bond motifs is 1. The van der Waals surface area contributed by atoms with Crippen LogP contribution in [0, 0.1) is 0 Å². The number of carbonyl (C=O) groups is 1. The van der Waals surface area contributed by atoms with Crippen molar-refractivity contribution in [3.05, 3.63) is 47.2 Å². The molecule has 0 saturated carbocycles. The summed E-state index contributed by atoms with van der Waals surface area (Å²) in [6, 6.07) is 4.41. The van der Waals surface area contributed by atoms with Crippen molar-refractivity contribution in [2.45, 2.75) is 6.18 Å². The van der Waals surface area contributed by atoms with Crippen LogP contribution in [-0.2, 0) is 6.18 Å². The lowest BCUT2D eigenvalue weighted by Gasteiger charge is -2.09. The molecule has 0 spiro atoms. The van der Waals surface area contributed by atoms with Crippen LogP contribution in [0.4, 0.5) is 18.9 Å². The molecule has 0 unspecified atom stereocenters. The average Bonchev–Trinajstić information content (AvgIpc) is 2.98. The molecule has 3 rings (SSSR count). The van der Waals surface area contributed by atoms with Crippen molar-refractivity contribution >= 4 is 27.9 Å². The Bertz CT molecular complexity index is 780. The third-order valence-electron chi connectivity index (χ3n) is 2.67. The van der Waals surface area contributed by atoms with Crippen molar-refractivity contribution in [2.24, 2.45) is 0 Å². The van der Waals surface area contributed by atoms with Gasteiger partial charge >= 0.3 is 6.18 Å². The maximum absolute atomic E-state index is 12.6. The van der Waals surface area contributed by atoms with Crippen molar-refractivity contribution in [3.63, 3.8) is 0 Å². The highest BCUT2D eigenvalue weighted by Gasteiger charge is 2.30. The number of imidazole rings is 1. The second-order valence-electron chi connectivity index (χ2n) is 4.12. The summed E-state index contributed by atoms with van der Waals surface area (Å²) in [6.45, 7) is 0. The van der Waals surface area contributed by atoms with Crippen LogP contribution in [0.15, 0.2) is 36.0 Å². The number of carbonyl (C=O) groups excluding carboxylic acids is 1. The largest absolute Gasteiger partial charge is 0.416 e. The molecule has 0 saturated heterocycles. The van der Waals surface area contributed by atoms with Gasteiger partial charge < -0.3 is 5.32 Å². The molecule has 0 fully saturated rings. The quantitative estimate of drug-likeness (QED) is 0.791. The van der Waals surface area contributed by atoms with Crippen LogP contribution < -0.4 is 5.32 Å². The third-order valence-corrected chi connectivity index (χ3v) is 3.36. The number of aromatic nitrogens is 3. The lowest BCUT2D eigenvalue weighted by Crippen LogP contribution is -2.13. The molecule has 0 bridgehead atoms. The van der Waals surface area contributed by atoms with Crippen LogP contribution in [0.25, 0.3) is 4.96 Å². The average molecular weight is 312 g/mol. The van der Waals surface area contributed by atoms with Crippen LogP contribution in [0.5, 0.6) is 0 Å². The molecule has 0 aliphatic heterocycles. The van der Waals surface area contributed by atoms with E-state index in [4.69, 9.17) is 0 Å². The maximum Gasteiger partial charge on any atom is 0.416 e. The number of nitrogens with zero attached hydrogens (tertiary/aromatic N) is 3. The molecule has 0 aliphatic rings. The van der Waals surface area contributed by atoms with Gasteiger partial charge in [-0.1, -0.05) is 17.4 Å². The van der Waals surface area contributed by atoms with Crippen LogP contribution in [-0.4, -0.2) is 20.5 Å². The smallest absolute Gasteiger partial charge is 0.321 e. The molecule has 1 amide bonds. The number of amides is 1. The van der Waals surface area contributed by atoms with Gasteiger partial charge in [0.15, 0.2) is 0 Å². The summed E-state index contributed by atoms with van der Waals surface area (Å²) in [5, 5.41) is 6.30. The SMILES string of the molecule is O=C(Nc1cccc(C(F)(F)F)c1)c1cn2ncsc2n1. The van der Waals surface area contributed by atoms with Gasteiger partial charge in [-0.2, -0.15) is 18.3 Å². The summed E-state index contributed by atoms with van der Waals surface area (Å²) in [5.41, 5.74) is 0.885. The Balaban J connectivity index is 1.83. The van der Waals surface area contributed by atoms with E-state index < -0.39 is 17.6 Å². The molecule has 0 aliphatic carbocycles. The minimum atomic E-state index is -4.46. The molecule has 1 N–H and O–H groups in total. The molecule has 2 aromatic heterocycles. The molecule has 3 aromatic rings. The number of anilines is 1. The van der Waals surface area contributed by atoms with Crippen molar-refractivity contribution in [1.82, 2.24) is 14.6 Å². The van der Waals surface area contributed by atoms with Crippen LogP contribution in [0.1, 0.15) is 16.1 Å². The Labute approximate surface area is 120 Å². The number of benzene rings is 1. The van der Waals surface area contributed by atoms with Gasteiger partial charge in [-0.3, -0.25) is 4.79 Å². The Morgan fingerprint density at radius 1 is 1.33 bits per heavy atom. The Kier molecular flexibility index (Phi) is 3.13. The van der Waals surface area contributed by atoms with Crippen molar-refractivity contribution in [2.75, 3.05) is 5.32 Å². The van der Waals surface area contributed by atoms with Crippen LogP contribution >= 0.6 is 11.3 Å². The summed E-state index contributed by atoms with van der Waals surface area (Å²) in [6.07, 6.45) is -3.05. The molecule has 9 heteroatoms. The van der Waals surface area contributed by atoms with Crippen molar-refractivity contribution in [3.8, 4) is 0 Å². The second-order valence-corrected chi connectivity index (χ2v) is 4.94. The van der Waals surface area contributed by atoms with Crippen LogP contribution in [0.2, 0.25) is 0 Å². The van der Waals surface area contributed by atoms with E-state index in [9.17, 15) is 18.0 Å². The van der Waals surface area contributed by atoms with E-state index in [0.29, 0.717) is 4.96 Å². The predicted molar refractivity (Wildman–Crippen MR) is 70.3 cm³/mol. The van der Waals surface area contributed by atoms with Gasteiger partial charge in [0.2, 0.25) is 4.96 Å². The first-order valence-corrected chi connectivity index (χ1v) is 6.59. The standard InChI is InChI=1S/C12H7F3N4OS/c13-12(14,15)7-2-1-3-8(4-7)17-10(20)9-5-19-11(18-9)21-6-16-19/h1-6H,(H,17,20). The molecule has 21 heavy (non-hydrogen) atoms. The summed E-state index contributed by atoms with van der Waals surface area (Å²) >= 11 is 1.25. The molecule has 2 heterocycles. The highest BCUT2D eigenvalue weighted by molar-refractivity contribution is 7.14. The number of nitrogens with one attached hydrogen (secondary N) is 1. The number of alkyl halides is 3. The molecule has 1 aromatic carbocycles. The Morgan fingerprint density at radius 2 is 2.14 bits per heavy atom. The minimum Gasteiger partial charge on any atom is -0.321 e.